The second-order valence-electron chi connectivity index (χ2n) is 8.59. The number of nitrogens with zero attached hydrogens (tertiary/aromatic N) is 2. The van der Waals surface area contributed by atoms with Gasteiger partial charge >= 0.3 is 0 Å². The summed E-state index contributed by atoms with van der Waals surface area (Å²) in [5.41, 5.74) is 3.37. The molecule has 7 nitrogen and oxygen atoms in total. The summed E-state index contributed by atoms with van der Waals surface area (Å²) in [6, 6.07) is 18.7. The van der Waals surface area contributed by atoms with E-state index in [-0.39, 0.29) is 18.4 Å². The minimum absolute atomic E-state index is 0.0142. The van der Waals surface area contributed by atoms with Crippen LogP contribution in [0.3, 0.4) is 0 Å². The highest BCUT2D eigenvalue weighted by Crippen LogP contribution is 2.18. The zero-order chi connectivity index (χ0) is 22.2. The molecule has 0 aromatic heterocycles. The average molecular weight is 426 g/mol. The molecule has 2 aromatic carbocycles. The van der Waals surface area contributed by atoms with Crippen LogP contribution in [0.2, 0.25) is 0 Å². The van der Waals surface area contributed by atoms with Gasteiger partial charge in [-0.15, -0.1) is 0 Å². The van der Waals surface area contributed by atoms with Crippen LogP contribution < -0.4 is 20.0 Å². The van der Waals surface area contributed by atoms with Gasteiger partial charge in [0.25, 0.3) is 11.8 Å². The van der Waals surface area contributed by atoms with Crippen molar-refractivity contribution < 1.29 is 19.4 Å². The third-order valence-corrected chi connectivity index (χ3v) is 5.70. The molecule has 0 radical (unpaired) electrons. The maximum Gasteiger partial charge on any atom is 0.279 e. The van der Waals surface area contributed by atoms with Gasteiger partial charge in [0.05, 0.1) is 33.2 Å². The highest BCUT2D eigenvalue weighted by molar-refractivity contribution is 5.91. The van der Waals surface area contributed by atoms with Crippen molar-refractivity contribution in [3.05, 3.63) is 60.2 Å². The first-order valence-electron chi connectivity index (χ1n) is 10.9. The minimum Gasteiger partial charge on any atom is -0.360 e. The molecule has 0 saturated carbocycles. The molecule has 7 heteroatoms. The van der Waals surface area contributed by atoms with Crippen molar-refractivity contribution in [3.8, 4) is 0 Å². The van der Waals surface area contributed by atoms with E-state index in [2.05, 4.69) is 52.7 Å². The molecular weight excluding hydrogens is 390 g/mol. The van der Waals surface area contributed by atoms with E-state index in [4.69, 9.17) is 0 Å². The van der Waals surface area contributed by atoms with Gasteiger partial charge in [0.15, 0.2) is 13.1 Å². The molecule has 1 aliphatic rings. The summed E-state index contributed by atoms with van der Waals surface area (Å²) < 4.78 is 0. The molecule has 0 bridgehead atoms. The van der Waals surface area contributed by atoms with Crippen molar-refractivity contribution in [2.75, 3.05) is 70.6 Å². The lowest BCUT2D eigenvalue weighted by molar-refractivity contribution is -0.914. The molecule has 2 amide bonds. The number of likely N-dealkylation sites (N-methyl/N-ethyl adjacent to an activating group) is 2. The summed E-state index contributed by atoms with van der Waals surface area (Å²) >= 11 is 0. The lowest BCUT2D eigenvalue weighted by Gasteiger charge is -2.33. The number of anilines is 2. The second-order valence-corrected chi connectivity index (χ2v) is 8.59. The largest absolute Gasteiger partial charge is 0.360 e. The van der Waals surface area contributed by atoms with Gasteiger partial charge < -0.3 is 24.9 Å². The molecule has 3 N–H and O–H groups in total. The smallest absolute Gasteiger partial charge is 0.279 e. The van der Waals surface area contributed by atoms with E-state index in [1.165, 1.54) is 11.3 Å². The van der Waals surface area contributed by atoms with Crippen LogP contribution in [0.4, 0.5) is 11.4 Å². The maximum absolute atomic E-state index is 12.3. The van der Waals surface area contributed by atoms with E-state index in [1.807, 2.05) is 19.2 Å². The lowest BCUT2D eigenvalue weighted by atomic mass is 10.2. The Labute approximate surface area is 185 Å². The monoisotopic (exact) mass is 425 g/mol. The SMILES string of the molecule is CN(C)C(=O)C[NH+](C)CC(=O)Nc1ccc(N2CC[NH+](Cc3ccccc3)CC2)cc1. The number of hydrogen-bond donors (Lipinski definition) is 3. The van der Waals surface area contributed by atoms with Gasteiger partial charge in [-0.25, -0.2) is 0 Å². The van der Waals surface area contributed by atoms with Crippen LogP contribution in [0.1, 0.15) is 5.56 Å². The number of benzene rings is 2. The zero-order valence-electron chi connectivity index (χ0n) is 18.9. The van der Waals surface area contributed by atoms with Gasteiger partial charge in [0.2, 0.25) is 0 Å². The molecule has 1 aliphatic heterocycles. The molecule has 1 heterocycles. The quantitative estimate of drug-likeness (QED) is 0.516. The fraction of sp³-hybridized carbons (Fsp3) is 0.417. The van der Waals surface area contributed by atoms with Gasteiger partial charge in [-0.3, -0.25) is 9.59 Å². The van der Waals surface area contributed by atoms with Crippen LogP contribution in [0.15, 0.2) is 54.6 Å². The number of quaternary nitrogens is 2. The Hall–Kier alpha value is -2.90. The molecule has 0 spiro atoms. The van der Waals surface area contributed by atoms with Crippen LogP contribution >= 0.6 is 0 Å². The van der Waals surface area contributed by atoms with E-state index in [0.29, 0.717) is 6.54 Å². The van der Waals surface area contributed by atoms with Crippen LogP contribution in [0.5, 0.6) is 0 Å². The van der Waals surface area contributed by atoms with E-state index in [0.717, 1.165) is 43.3 Å². The fourth-order valence-corrected chi connectivity index (χ4v) is 3.86. The summed E-state index contributed by atoms with van der Waals surface area (Å²) in [6.07, 6.45) is 0. The summed E-state index contributed by atoms with van der Waals surface area (Å²) in [5, 5.41) is 2.93. The molecule has 3 rings (SSSR count). The predicted molar refractivity (Wildman–Crippen MR) is 123 cm³/mol. The first-order valence-corrected chi connectivity index (χ1v) is 10.9. The summed E-state index contributed by atoms with van der Waals surface area (Å²) in [6.45, 7) is 5.94. The second kappa shape index (κ2) is 10.9. The average Bonchev–Trinajstić information content (AvgIpc) is 2.75. The molecule has 2 aromatic rings. The Morgan fingerprint density at radius 2 is 1.65 bits per heavy atom. The molecule has 0 aliphatic carbocycles. The van der Waals surface area contributed by atoms with Gasteiger partial charge in [-0.05, 0) is 24.3 Å². The number of rotatable bonds is 8. The fourth-order valence-electron chi connectivity index (χ4n) is 3.86. The molecule has 166 valence electrons. The van der Waals surface area contributed by atoms with Crippen LogP contribution in [-0.2, 0) is 16.1 Å². The molecule has 1 unspecified atom stereocenters. The Balaban J connectivity index is 1.44. The number of amides is 2. The normalized spacial score (nSPS) is 15.4. The number of carbonyl (C=O) groups is 2. The molecule has 1 saturated heterocycles. The van der Waals surface area contributed by atoms with Gasteiger partial charge in [-0.1, -0.05) is 30.3 Å². The van der Waals surface area contributed by atoms with E-state index < -0.39 is 0 Å². The van der Waals surface area contributed by atoms with Crippen molar-refractivity contribution in [2.24, 2.45) is 0 Å². The Morgan fingerprint density at radius 3 is 2.26 bits per heavy atom. The summed E-state index contributed by atoms with van der Waals surface area (Å²) in [4.78, 5) is 30.5. The summed E-state index contributed by atoms with van der Waals surface area (Å²) in [5.74, 6) is -0.0738. The van der Waals surface area contributed by atoms with Crippen molar-refractivity contribution >= 4 is 23.2 Å². The van der Waals surface area contributed by atoms with Crippen LogP contribution in [0.25, 0.3) is 0 Å². The number of nitrogens with one attached hydrogen (secondary N) is 3. The number of hydrogen-bond acceptors (Lipinski definition) is 3. The van der Waals surface area contributed by atoms with Crippen molar-refractivity contribution in [2.45, 2.75) is 6.54 Å². The van der Waals surface area contributed by atoms with Crippen LogP contribution in [-0.4, -0.2) is 77.1 Å². The highest BCUT2D eigenvalue weighted by Gasteiger charge is 2.20. The maximum atomic E-state index is 12.3. The first-order chi connectivity index (χ1) is 14.9. The van der Waals surface area contributed by atoms with Gasteiger partial charge in [0, 0.05) is 31.0 Å². The van der Waals surface area contributed by atoms with E-state index in [9.17, 15) is 9.59 Å². The summed E-state index contributed by atoms with van der Waals surface area (Å²) in [7, 11) is 5.30. The van der Waals surface area contributed by atoms with Crippen molar-refractivity contribution in [1.82, 2.24) is 4.90 Å². The minimum atomic E-state index is -0.0880. The standard InChI is InChI=1S/C24H33N5O2/c1-26(2)24(31)19-27(3)18-23(30)25-21-9-11-22(12-10-21)29-15-13-28(14-16-29)17-20-7-5-4-6-8-20/h4-12H,13-19H2,1-3H3,(H,25,30)/p+2. The van der Waals surface area contributed by atoms with Gasteiger partial charge in [-0.2, -0.15) is 0 Å². The Bertz CT molecular complexity index is 846. The Morgan fingerprint density at radius 1 is 1.00 bits per heavy atom. The molecule has 31 heavy (non-hydrogen) atoms. The topological polar surface area (TPSA) is 61.5 Å². The Kier molecular flexibility index (Phi) is 8.03. The van der Waals surface area contributed by atoms with Crippen molar-refractivity contribution in [3.63, 3.8) is 0 Å². The van der Waals surface area contributed by atoms with Crippen LogP contribution in [0, 0.1) is 0 Å². The van der Waals surface area contributed by atoms with E-state index >= 15 is 0 Å². The van der Waals surface area contributed by atoms with Crippen molar-refractivity contribution in [1.29, 1.82) is 0 Å². The zero-order valence-corrected chi connectivity index (χ0v) is 18.9. The predicted octanol–water partition coefficient (Wildman–Crippen LogP) is -0.867. The third-order valence-electron chi connectivity index (χ3n) is 5.70. The first kappa shape index (κ1) is 22.8. The van der Waals surface area contributed by atoms with Gasteiger partial charge in [0.1, 0.15) is 6.54 Å². The molecule has 1 fully saturated rings. The van der Waals surface area contributed by atoms with E-state index in [1.54, 1.807) is 23.9 Å². The third kappa shape index (κ3) is 7.08. The number of piperazine rings is 1. The molecule has 1 atom stereocenters. The lowest BCUT2D eigenvalue weighted by Crippen LogP contribution is -3.13. The number of carbonyl (C=O) groups excluding carboxylic acids is 2. The highest BCUT2D eigenvalue weighted by atomic mass is 16.2. The molecular formula is C24H35N5O2+2.